The van der Waals surface area contributed by atoms with E-state index in [1.807, 2.05) is 14.1 Å². The summed E-state index contributed by atoms with van der Waals surface area (Å²) in [6.45, 7) is 1.57. The van der Waals surface area contributed by atoms with Crippen LogP contribution in [0.1, 0.15) is 6.92 Å². The first-order chi connectivity index (χ1) is 7.91. The summed E-state index contributed by atoms with van der Waals surface area (Å²) in [7, 11) is 1.73. The van der Waals surface area contributed by atoms with Crippen molar-refractivity contribution in [2.24, 2.45) is 0 Å². The van der Waals surface area contributed by atoms with E-state index in [1.54, 1.807) is 24.1 Å². The Morgan fingerprint density at radius 3 is 2.59 bits per heavy atom. The molecule has 17 heavy (non-hydrogen) atoms. The van der Waals surface area contributed by atoms with Crippen LogP contribution < -0.4 is 14.4 Å². The third-order valence-corrected chi connectivity index (χ3v) is 3.48. The third kappa shape index (κ3) is 3.23. The summed E-state index contributed by atoms with van der Waals surface area (Å²) in [4.78, 5) is 5.77. The van der Waals surface area contributed by atoms with Gasteiger partial charge in [-0.3, -0.25) is 4.72 Å². The minimum atomic E-state index is -3.36. The van der Waals surface area contributed by atoms with Crippen molar-refractivity contribution >= 4 is 21.4 Å². The Kier molecular flexibility index (Phi) is 4.17. The molecule has 0 fully saturated rings. The average Bonchev–Trinajstić information content (AvgIpc) is 2.28. The van der Waals surface area contributed by atoms with Crippen molar-refractivity contribution in [2.45, 2.75) is 6.92 Å². The van der Waals surface area contributed by atoms with Crippen molar-refractivity contribution in [3.05, 3.63) is 12.3 Å². The highest BCUT2D eigenvalue weighted by Gasteiger charge is 2.17. The molecule has 1 heterocycles. The predicted molar refractivity (Wildman–Crippen MR) is 68.2 cm³/mol. The zero-order valence-corrected chi connectivity index (χ0v) is 11.2. The van der Waals surface area contributed by atoms with Gasteiger partial charge in [0.15, 0.2) is 0 Å². The van der Waals surface area contributed by atoms with Gasteiger partial charge in [0.05, 0.1) is 18.6 Å². The second kappa shape index (κ2) is 5.22. The van der Waals surface area contributed by atoms with E-state index in [0.29, 0.717) is 11.4 Å². The van der Waals surface area contributed by atoms with E-state index in [9.17, 15) is 8.42 Å². The van der Waals surface area contributed by atoms with Gasteiger partial charge in [0, 0.05) is 20.3 Å². The number of aromatic nitrogens is 1. The van der Waals surface area contributed by atoms with Gasteiger partial charge in [-0.2, -0.15) is 0 Å². The highest BCUT2D eigenvalue weighted by Crippen LogP contribution is 2.32. The number of methoxy groups -OCH3 is 1. The first-order valence-corrected chi connectivity index (χ1v) is 6.77. The molecule has 0 saturated carbocycles. The number of nitrogens with one attached hydrogen (secondary N) is 1. The summed E-state index contributed by atoms with van der Waals surface area (Å²) < 4.78 is 30.7. The smallest absolute Gasteiger partial charge is 0.240 e. The highest BCUT2D eigenvalue weighted by molar-refractivity contribution is 7.92. The van der Waals surface area contributed by atoms with Crippen molar-refractivity contribution in [1.29, 1.82) is 0 Å². The SMILES string of the molecule is CCS(=O)(=O)Nc1c(N(C)C)ccnc1OC. The minimum absolute atomic E-state index is 0.00207. The third-order valence-electron chi connectivity index (χ3n) is 2.21. The number of rotatable bonds is 5. The van der Waals surface area contributed by atoms with Crippen molar-refractivity contribution in [1.82, 2.24) is 4.98 Å². The van der Waals surface area contributed by atoms with Gasteiger partial charge in [0.1, 0.15) is 5.69 Å². The Bertz CT molecular complexity index is 486. The number of pyridine rings is 1. The van der Waals surface area contributed by atoms with Gasteiger partial charge in [0.25, 0.3) is 0 Å². The van der Waals surface area contributed by atoms with Gasteiger partial charge in [-0.15, -0.1) is 0 Å². The summed E-state index contributed by atoms with van der Waals surface area (Å²) in [5.41, 5.74) is 1.07. The number of hydrogen-bond acceptors (Lipinski definition) is 5. The summed E-state index contributed by atoms with van der Waals surface area (Å²) in [6.07, 6.45) is 1.57. The zero-order valence-electron chi connectivity index (χ0n) is 10.4. The Morgan fingerprint density at radius 1 is 1.47 bits per heavy atom. The molecular weight excluding hydrogens is 242 g/mol. The van der Waals surface area contributed by atoms with E-state index < -0.39 is 10.0 Å². The first-order valence-electron chi connectivity index (χ1n) is 5.12. The summed E-state index contributed by atoms with van der Waals surface area (Å²) in [5.74, 6) is 0.256. The molecule has 0 bridgehead atoms. The number of hydrogen-bond donors (Lipinski definition) is 1. The quantitative estimate of drug-likeness (QED) is 0.851. The lowest BCUT2D eigenvalue weighted by atomic mass is 10.3. The fourth-order valence-electron chi connectivity index (χ4n) is 1.28. The summed E-state index contributed by atoms with van der Waals surface area (Å²) in [5, 5.41) is 0. The molecule has 0 saturated heterocycles. The molecule has 0 atom stereocenters. The van der Waals surface area contributed by atoms with Gasteiger partial charge >= 0.3 is 0 Å². The van der Waals surface area contributed by atoms with Crippen LogP contribution in [0.3, 0.4) is 0 Å². The molecule has 0 unspecified atom stereocenters. The van der Waals surface area contributed by atoms with Crippen molar-refractivity contribution in [3.8, 4) is 5.88 Å². The molecule has 0 amide bonds. The minimum Gasteiger partial charge on any atom is -0.479 e. The fraction of sp³-hybridized carbons (Fsp3) is 0.500. The van der Waals surface area contributed by atoms with E-state index in [1.165, 1.54) is 7.11 Å². The number of sulfonamides is 1. The monoisotopic (exact) mass is 259 g/mol. The maximum absolute atomic E-state index is 11.6. The molecule has 0 aliphatic rings. The van der Waals surface area contributed by atoms with Gasteiger partial charge in [-0.05, 0) is 13.0 Å². The van der Waals surface area contributed by atoms with Crippen LogP contribution in [0.4, 0.5) is 11.4 Å². The van der Waals surface area contributed by atoms with Crippen LogP contribution in [-0.2, 0) is 10.0 Å². The van der Waals surface area contributed by atoms with Crippen molar-refractivity contribution in [3.63, 3.8) is 0 Å². The van der Waals surface area contributed by atoms with Crippen LogP contribution >= 0.6 is 0 Å². The largest absolute Gasteiger partial charge is 0.479 e. The van der Waals surface area contributed by atoms with E-state index in [4.69, 9.17) is 4.74 Å². The van der Waals surface area contributed by atoms with Gasteiger partial charge in [0.2, 0.25) is 15.9 Å². The molecule has 6 nitrogen and oxygen atoms in total. The molecule has 96 valence electrons. The lowest BCUT2D eigenvalue weighted by molar-refractivity contribution is 0.400. The standard InChI is InChI=1S/C10H17N3O3S/c1-5-17(14,15)12-9-8(13(2)3)6-7-11-10(9)16-4/h6-7,12H,5H2,1-4H3. The predicted octanol–water partition coefficient (Wildman–Crippen LogP) is 0.918. The maximum atomic E-state index is 11.6. The normalized spacial score (nSPS) is 11.1. The molecule has 1 aromatic heterocycles. The maximum Gasteiger partial charge on any atom is 0.240 e. The van der Waals surface area contributed by atoms with Crippen LogP contribution in [-0.4, -0.2) is 40.4 Å². The molecule has 0 aliphatic heterocycles. The number of ether oxygens (including phenoxy) is 1. The fourth-order valence-corrected chi connectivity index (χ4v) is 1.93. The lowest BCUT2D eigenvalue weighted by Gasteiger charge is -2.19. The Balaban J connectivity index is 3.28. The molecule has 0 radical (unpaired) electrons. The van der Waals surface area contributed by atoms with Gasteiger partial charge in [-0.25, -0.2) is 13.4 Å². The van der Waals surface area contributed by atoms with Gasteiger partial charge < -0.3 is 9.64 Å². The highest BCUT2D eigenvalue weighted by atomic mass is 32.2. The Morgan fingerprint density at radius 2 is 2.12 bits per heavy atom. The molecule has 1 aromatic rings. The van der Waals surface area contributed by atoms with E-state index in [2.05, 4.69) is 9.71 Å². The summed E-state index contributed by atoms with van der Waals surface area (Å²) >= 11 is 0. The van der Waals surface area contributed by atoms with E-state index in [0.717, 1.165) is 0 Å². The van der Waals surface area contributed by atoms with Crippen molar-refractivity contribution < 1.29 is 13.2 Å². The topological polar surface area (TPSA) is 71.5 Å². The van der Waals surface area contributed by atoms with Crippen molar-refractivity contribution in [2.75, 3.05) is 36.6 Å². The van der Waals surface area contributed by atoms with Crippen LogP contribution in [0, 0.1) is 0 Å². The first kappa shape index (κ1) is 13.6. The lowest BCUT2D eigenvalue weighted by Crippen LogP contribution is -2.19. The second-order valence-electron chi connectivity index (χ2n) is 3.61. The van der Waals surface area contributed by atoms with Crippen LogP contribution in [0.25, 0.3) is 0 Å². The van der Waals surface area contributed by atoms with Crippen LogP contribution in [0.15, 0.2) is 12.3 Å². The molecular formula is C10H17N3O3S. The Hall–Kier alpha value is -1.50. The number of anilines is 2. The van der Waals surface area contributed by atoms with Crippen LogP contribution in [0.2, 0.25) is 0 Å². The molecule has 0 aliphatic carbocycles. The average molecular weight is 259 g/mol. The van der Waals surface area contributed by atoms with E-state index in [-0.39, 0.29) is 11.6 Å². The van der Waals surface area contributed by atoms with Gasteiger partial charge in [-0.1, -0.05) is 0 Å². The number of nitrogens with zero attached hydrogens (tertiary/aromatic N) is 2. The zero-order chi connectivity index (χ0) is 13.1. The van der Waals surface area contributed by atoms with E-state index >= 15 is 0 Å². The van der Waals surface area contributed by atoms with Crippen LogP contribution in [0.5, 0.6) is 5.88 Å². The second-order valence-corrected chi connectivity index (χ2v) is 5.63. The molecule has 0 spiro atoms. The molecule has 1 N–H and O–H groups in total. The molecule has 7 heteroatoms. The Labute approximate surface area is 102 Å². The molecule has 1 rings (SSSR count). The summed E-state index contributed by atoms with van der Waals surface area (Å²) in [6, 6.07) is 1.72. The molecule has 0 aromatic carbocycles.